The van der Waals surface area contributed by atoms with Crippen LogP contribution in [-0.4, -0.2) is 19.5 Å². The van der Waals surface area contributed by atoms with Crippen molar-refractivity contribution in [3.8, 4) is 0 Å². The molecule has 1 aromatic rings. The zero-order valence-corrected chi connectivity index (χ0v) is 12.9. The van der Waals surface area contributed by atoms with Gasteiger partial charge in [0.2, 0.25) is 5.91 Å². The summed E-state index contributed by atoms with van der Waals surface area (Å²) < 4.78 is 0. The molecule has 0 radical (unpaired) electrons. The SMILES string of the molecule is CNCC(=O)NC(CC1CCCC1)c1ccccc1.Cl. The fraction of sp³-hybridized carbons (Fsp3) is 0.562. The van der Waals surface area contributed by atoms with Gasteiger partial charge in [0.25, 0.3) is 0 Å². The number of carbonyl (C=O) groups is 1. The van der Waals surface area contributed by atoms with E-state index in [2.05, 4.69) is 22.8 Å². The summed E-state index contributed by atoms with van der Waals surface area (Å²) in [6.07, 6.45) is 6.38. The van der Waals surface area contributed by atoms with E-state index in [9.17, 15) is 4.79 Å². The Morgan fingerprint density at radius 1 is 1.25 bits per heavy atom. The molecule has 0 spiro atoms. The number of carbonyl (C=O) groups excluding carboxylic acids is 1. The quantitative estimate of drug-likeness (QED) is 0.847. The van der Waals surface area contributed by atoms with E-state index in [1.807, 2.05) is 18.2 Å². The Kier molecular flexibility index (Phi) is 7.63. The van der Waals surface area contributed by atoms with E-state index in [0.717, 1.165) is 12.3 Å². The molecular formula is C16H25ClN2O. The minimum atomic E-state index is 0. The van der Waals surface area contributed by atoms with Crippen LogP contribution < -0.4 is 10.6 Å². The molecule has 0 saturated heterocycles. The molecule has 1 unspecified atom stereocenters. The molecule has 2 rings (SSSR count). The Labute approximate surface area is 127 Å². The number of likely N-dealkylation sites (N-methyl/N-ethyl adjacent to an activating group) is 1. The van der Waals surface area contributed by atoms with Gasteiger partial charge in [-0.3, -0.25) is 4.79 Å². The molecule has 1 atom stereocenters. The molecule has 1 fully saturated rings. The number of benzene rings is 1. The molecule has 1 aliphatic carbocycles. The van der Waals surface area contributed by atoms with Crippen molar-refractivity contribution in [3.63, 3.8) is 0 Å². The maximum absolute atomic E-state index is 11.8. The molecule has 0 aliphatic heterocycles. The maximum Gasteiger partial charge on any atom is 0.234 e. The summed E-state index contributed by atoms with van der Waals surface area (Å²) >= 11 is 0. The van der Waals surface area contributed by atoms with Crippen LogP contribution in [-0.2, 0) is 4.79 Å². The molecule has 1 aliphatic rings. The first kappa shape index (κ1) is 17.0. The summed E-state index contributed by atoms with van der Waals surface area (Å²) in [5.41, 5.74) is 1.22. The second kappa shape index (κ2) is 8.98. The molecular weight excluding hydrogens is 272 g/mol. The van der Waals surface area contributed by atoms with Crippen molar-refractivity contribution < 1.29 is 4.79 Å². The Hall–Kier alpha value is -1.06. The fourth-order valence-corrected chi connectivity index (χ4v) is 2.95. The monoisotopic (exact) mass is 296 g/mol. The average Bonchev–Trinajstić information content (AvgIpc) is 2.92. The highest BCUT2D eigenvalue weighted by Gasteiger charge is 2.22. The van der Waals surface area contributed by atoms with Crippen molar-refractivity contribution in [2.45, 2.75) is 38.1 Å². The van der Waals surface area contributed by atoms with Crippen LogP contribution in [0.4, 0.5) is 0 Å². The van der Waals surface area contributed by atoms with Crippen LogP contribution in [0.25, 0.3) is 0 Å². The van der Waals surface area contributed by atoms with Gasteiger partial charge in [0.05, 0.1) is 12.6 Å². The number of hydrogen-bond acceptors (Lipinski definition) is 2. The third-order valence-corrected chi connectivity index (χ3v) is 3.92. The normalized spacial score (nSPS) is 16.4. The second-order valence-corrected chi connectivity index (χ2v) is 5.45. The number of amides is 1. The molecule has 4 heteroatoms. The van der Waals surface area contributed by atoms with Crippen molar-refractivity contribution >= 4 is 18.3 Å². The number of hydrogen-bond donors (Lipinski definition) is 2. The lowest BCUT2D eigenvalue weighted by Gasteiger charge is -2.22. The van der Waals surface area contributed by atoms with Gasteiger partial charge < -0.3 is 10.6 Å². The van der Waals surface area contributed by atoms with Crippen LogP contribution in [0, 0.1) is 5.92 Å². The van der Waals surface area contributed by atoms with Crippen LogP contribution in [0.5, 0.6) is 0 Å². The standard InChI is InChI=1S/C16H24N2O.ClH/c1-17-12-16(19)18-15(11-13-7-5-6-8-13)14-9-3-2-4-10-14;/h2-4,9-10,13,15,17H,5-8,11-12H2,1H3,(H,18,19);1H. The van der Waals surface area contributed by atoms with Crippen LogP contribution in [0.3, 0.4) is 0 Å². The fourth-order valence-electron chi connectivity index (χ4n) is 2.95. The first-order valence-corrected chi connectivity index (χ1v) is 7.28. The van der Waals surface area contributed by atoms with E-state index in [4.69, 9.17) is 0 Å². The van der Waals surface area contributed by atoms with Gasteiger partial charge in [0.1, 0.15) is 0 Å². The van der Waals surface area contributed by atoms with Crippen molar-refractivity contribution in [3.05, 3.63) is 35.9 Å². The van der Waals surface area contributed by atoms with Gasteiger partial charge in [-0.2, -0.15) is 0 Å². The minimum Gasteiger partial charge on any atom is -0.348 e. The predicted molar refractivity (Wildman–Crippen MR) is 85.1 cm³/mol. The Morgan fingerprint density at radius 3 is 2.50 bits per heavy atom. The lowest BCUT2D eigenvalue weighted by atomic mass is 9.93. The summed E-state index contributed by atoms with van der Waals surface area (Å²) in [6.45, 7) is 0.383. The molecule has 20 heavy (non-hydrogen) atoms. The second-order valence-electron chi connectivity index (χ2n) is 5.45. The third kappa shape index (κ3) is 5.14. The van der Waals surface area contributed by atoms with Crippen LogP contribution in [0.1, 0.15) is 43.7 Å². The van der Waals surface area contributed by atoms with Crippen LogP contribution >= 0.6 is 12.4 Å². The topological polar surface area (TPSA) is 41.1 Å². The summed E-state index contributed by atoms with van der Waals surface area (Å²) in [5.74, 6) is 0.842. The Balaban J connectivity index is 0.00000200. The summed E-state index contributed by atoms with van der Waals surface area (Å²) in [7, 11) is 1.80. The molecule has 0 heterocycles. The van der Waals surface area contributed by atoms with Gasteiger partial charge >= 0.3 is 0 Å². The van der Waals surface area contributed by atoms with E-state index in [1.54, 1.807) is 7.05 Å². The van der Waals surface area contributed by atoms with Gasteiger partial charge in [-0.15, -0.1) is 12.4 Å². The molecule has 2 N–H and O–H groups in total. The van der Waals surface area contributed by atoms with Gasteiger partial charge in [-0.25, -0.2) is 0 Å². The average molecular weight is 297 g/mol. The Bertz CT molecular complexity index is 391. The molecule has 0 bridgehead atoms. The summed E-state index contributed by atoms with van der Waals surface area (Å²) in [5, 5.41) is 6.07. The van der Waals surface area contributed by atoms with Gasteiger partial charge in [0.15, 0.2) is 0 Å². The van der Waals surface area contributed by atoms with E-state index < -0.39 is 0 Å². The van der Waals surface area contributed by atoms with Crippen LogP contribution in [0.15, 0.2) is 30.3 Å². The lowest BCUT2D eigenvalue weighted by molar-refractivity contribution is -0.121. The summed E-state index contributed by atoms with van der Waals surface area (Å²) in [6, 6.07) is 10.5. The van der Waals surface area contributed by atoms with E-state index in [0.29, 0.717) is 6.54 Å². The predicted octanol–water partition coefficient (Wildman–Crippen LogP) is 3.07. The van der Waals surface area contributed by atoms with Crippen molar-refractivity contribution in [2.24, 2.45) is 5.92 Å². The zero-order chi connectivity index (χ0) is 13.5. The number of rotatable bonds is 6. The van der Waals surface area contributed by atoms with Crippen molar-refractivity contribution in [1.29, 1.82) is 0 Å². The van der Waals surface area contributed by atoms with Gasteiger partial charge in [-0.05, 0) is 24.9 Å². The van der Waals surface area contributed by atoms with E-state index >= 15 is 0 Å². The maximum atomic E-state index is 11.8. The number of halogens is 1. The van der Waals surface area contributed by atoms with Crippen LogP contribution in [0.2, 0.25) is 0 Å². The molecule has 3 nitrogen and oxygen atoms in total. The summed E-state index contributed by atoms with van der Waals surface area (Å²) in [4.78, 5) is 11.8. The molecule has 1 aromatic carbocycles. The smallest absolute Gasteiger partial charge is 0.234 e. The highest BCUT2D eigenvalue weighted by atomic mass is 35.5. The largest absolute Gasteiger partial charge is 0.348 e. The Morgan fingerprint density at radius 2 is 1.90 bits per heavy atom. The first-order valence-electron chi connectivity index (χ1n) is 7.28. The molecule has 1 amide bonds. The van der Waals surface area contributed by atoms with Gasteiger partial charge in [-0.1, -0.05) is 56.0 Å². The highest BCUT2D eigenvalue weighted by Crippen LogP contribution is 2.32. The number of nitrogens with one attached hydrogen (secondary N) is 2. The molecule has 0 aromatic heterocycles. The molecule has 112 valence electrons. The van der Waals surface area contributed by atoms with E-state index in [-0.39, 0.29) is 24.4 Å². The zero-order valence-electron chi connectivity index (χ0n) is 12.1. The molecule has 1 saturated carbocycles. The lowest BCUT2D eigenvalue weighted by Crippen LogP contribution is -2.35. The minimum absolute atomic E-state index is 0. The van der Waals surface area contributed by atoms with Gasteiger partial charge in [0, 0.05) is 0 Å². The third-order valence-electron chi connectivity index (χ3n) is 3.92. The first-order chi connectivity index (χ1) is 9.29. The van der Waals surface area contributed by atoms with Crippen molar-refractivity contribution in [1.82, 2.24) is 10.6 Å². The van der Waals surface area contributed by atoms with E-state index in [1.165, 1.54) is 31.2 Å². The van der Waals surface area contributed by atoms with Crippen molar-refractivity contribution in [2.75, 3.05) is 13.6 Å². The highest BCUT2D eigenvalue weighted by molar-refractivity contribution is 5.85.